The Balaban J connectivity index is 1.98. The van der Waals surface area contributed by atoms with E-state index in [0.29, 0.717) is 23.7 Å². The van der Waals surface area contributed by atoms with Crippen molar-refractivity contribution in [3.05, 3.63) is 0 Å². The van der Waals surface area contributed by atoms with Crippen molar-refractivity contribution in [3.63, 3.8) is 0 Å². The van der Waals surface area contributed by atoms with Crippen LogP contribution >= 0.6 is 0 Å². The highest BCUT2D eigenvalue weighted by molar-refractivity contribution is 5.05. The largest absolute Gasteiger partial charge is 0.365 e. The Morgan fingerprint density at radius 3 is 2.09 bits per heavy atom. The van der Waals surface area contributed by atoms with Crippen LogP contribution in [0.2, 0.25) is 0 Å². The first-order valence-electron chi connectivity index (χ1n) is 9.54. The number of hydrogen-bond acceptors (Lipinski definition) is 2. The van der Waals surface area contributed by atoms with Gasteiger partial charge in [0.05, 0.1) is 0 Å². The average molecular weight is 309 g/mol. The van der Waals surface area contributed by atoms with E-state index in [-0.39, 0.29) is 5.41 Å². The molecular weight excluding hydrogens is 272 g/mol. The van der Waals surface area contributed by atoms with Gasteiger partial charge in [-0.05, 0) is 67.1 Å². The minimum atomic E-state index is -1.47. The molecule has 2 heteroatoms. The van der Waals surface area contributed by atoms with E-state index in [2.05, 4.69) is 34.6 Å². The van der Waals surface area contributed by atoms with Gasteiger partial charge < -0.3 is 10.2 Å². The summed E-state index contributed by atoms with van der Waals surface area (Å²) in [4.78, 5) is 0. The molecule has 0 heterocycles. The molecule has 0 aromatic carbocycles. The van der Waals surface area contributed by atoms with Gasteiger partial charge in [0.15, 0.2) is 5.79 Å². The maximum Gasteiger partial charge on any atom is 0.168 e. The smallest absolute Gasteiger partial charge is 0.168 e. The van der Waals surface area contributed by atoms with Gasteiger partial charge in [-0.1, -0.05) is 41.0 Å². The summed E-state index contributed by atoms with van der Waals surface area (Å²) in [6, 6.07) is 0. The molecule has 0 aromatic rings. The lowest BCUT2D eigenvalue weighted by molar-refractivity contribution is -0.292. The summed E-state index contributed by atoms with van der Waals surface area (Å²) < 4.78 is 0. The lowest BCUT2D eigenvalue weighted by Gasteiger charge is -2.59. The molecule has 2 nitrogen and oxygen atoms in total. The van der Waals surface area contributed by atoms with Crippen molar-refractivity contribution in [1.29, 1.82) is 0 Å². The van der Waals surface area contributed by atoms with Crippen LogP contribution in [-0.4, -0.2) is 16.0 Å². The van der Waals surface area contributed by atoms with E-state index in [1.165, 1.54) is 19.3 Å². The molecule has 3 saturated carbocycles. The molecule has 0 amide bonds. The number of hydrogen-bond donors (Lipinski definition) is 2. The van der Waals surface area contributed by atoms with Crippen molar-refractivity contribution >= 4 is 0 Å². The van der Waals surface area contributed by atoms with Crippen molar-refractivity contribution in [2.75, 3.05) is 0 Å². The zero-order chi connectivity index (χ0) is 16.3. The van der Waals surface area contributed by atoms with E-state index in [0.717, 1.165) is 37.0 Å². The number of rotatable bonds is 0. The Hall–Kier alpha value is -0.0800. The molecule has 2 N–H and O–H groups in total. The Morgan fingerprint density at radius 1 is 0.773 bits per heavy atom. The summed E-state index contributed by atoms with van der Waals surface area (Å²) >= 11 is 0. The van der Waals surface area contributed by atoms with Crippen LogP contribution in [0, 0.1) is 40.4 Å². The molecule has 0 spiro atoms. The molecule has 0 aromatic heterocycles. The molecule has 0 aliphatic heterocycles. The van der Waals surface area contributed by atoms with Gasteiger partial charge in [-0.2, -0.15) is 0 Å². The summed E-state index contributed by atoms with van der Waals surface area (Å²) in [7, 11) is 0. The molecule has 3 fully saturated rings. The van der Waals surface area contributed by atoms with Crippen molar-refractivity contribution in [1.82, 2.24) is 0 Å². The molecule has 6 atom stereocenters. The van der Waals surface area contributed by atoms with Gasteiger partial charge in [-0.3, -0.25) is 0 Å². The van der Waals surface area contributed by atoms with E-state index >= 15 is 0 Å². The van der Waals surface area contributed by atoms with Crippen molar-refractivity contribution in [3.8, 4) is 0 Å². The van der Waals surface area contributed by atoms with E-state index in [9.17, 15) is 10.2 Å². The third kappa shape index (κ3) is 2.28. The normalized spacial score (nSPS) is 50.6. The zero-order valence-corrected chi connectivity index (χ0v) is 15.2. The summed E-state index contributed by atoms with van der Waals surface area (Å²) in [5.74, 6) is 1.85. The molecule has 0 saturated heterocycles. The fourth-order valence-corrected chi connectivity index (χ4v) is 6.63. The summed E-state index contributed by atoms with van der Waals surface area (Å²) in [5.41, 5.74) is 0.0818. The van der Waals surface area contributed by atoms with Gasteiger partial charge >= 0.3 is 0 Å². The predicted octanol–water partition coefficient (Wildman–Crippen LogP) is 4.59. The average Bonchev–Trinajstić information content (AvgIpc) is 2.41. The van der Waals surface area contributed by atoms with Crippen molar-refractivity contribution in [2.24, 2.45) is 40.4 Å². The van der Waals surface area contributed by atoms with Gasteiger partial charge in [-0.15, -0.1) is 0 Å². The van der Waals surface area contributed by atoms with Crippen molar-refractivity contribution < 1.29 is 10.2 Å². The Morgan fingerprint density at radius 2 is 1.41 bits per heavy atom. The van der Waals surface area contributed by atoms with Gasteiger partial charge in [0.2, 0.25) is 0 Å². The predicted molar refractivity (Wildman–Crippen MR) is 90.2 cm³/mol. The minimum Gasteiger partial charge on any atom is -0.365 e. The molecule has 0 radical (unpaired) electrons. The quantitative estimate of drug-likeness (QED) is 0.642. The molecule has 22 heavy (non-hydrogen) atoms. The van der Waals surface area contributed by atoms with E-state index < -0.39 is 5.79 Å². The first-order chi connectivity index (χ1) is 10.1. The molecule has 3 rings (SSSR count). The van der Waals surface area contributed by atoms with Crippen LogP contribution in [0.1, 0.15) is 79.6 Å². The van der Waals surface area contributed by atoms with Gasteiger partial charge in [0.25, 0.3) is 0 Å². The van der Waals surface area contributed by atoms with Crippen molar-refractivity contribution in [2.45, 2.75) is 85.4 Å². The third-order valence-corrected chi connectivity index (χ3v) is 8.55. The van der Waals surface area contributed by atoms with Gasteiger partial charge in [0, 0.05) is 11.8 Å². The Bertz CT molecular complexity index is 427. The molecular formula is C20H36O2. The second-order valence-corrected chi connectivity index (χ2v) is 9.81. The summed E-state index contributed by atoms with van der Waals surface area (Å²) in [6.45, 7) is 11.9. The Labute approximate surface area is 136 Å². The van der Waals surface area contributed by atoms with E-state index in [1.54, 1.807) is 0 Å². The van der Waals surface area contributed by atoms with Crippen LogP contribution in [-0.2, 0) is 0 Å². The van der Waals surface area contributed by atoms with Crippen LogP contribution < -0.4 is 0 Å². The number of fused-ring (bicyclic) bond motifs is 3. The summed E-state index contributed by atoms with van der Waals surface area (Å²) in [5, 5.41) is 21.6. The highest BCUT2D eigenvalue weighted by atomic mass is 16.5. The molecule has 3 aliphatic carbocycles. The monoisotopic (exact) mass is 308 g/mol. The Kier molecular flexibility index (Phi) is 3.97. The second kappa shape index (κ2) is 5.21. The topological polar surface area (TPSA) is 40.5 Å². The van der Waals surface area contributed by atoms with Crippen LogP contribution in [0.15, 0.2) is 0 Å². The second-order valence-electron chi connectivity index (χ2n) is 9.81. The highest BCUT2D eigenvalue weighted by Crippen LogP contribution is 2.61. The maximum absolute atomic E-state index is 10.8. The fraction of sp³-hybridized carbons (Fsp3) is 1.00. The molecule has 0 unspecified atom stereocenters. The first-order valence-corrected chi connectivity index (χ1v) is 9.54. The van der Waals surface area contributed by atoms with Gasteiger partial charge in [-0.25, -0.2) is 0 Å². The first kappa shape index (κ1) is 16.8. The SMILES string of the molecule is C[C@@H]1CCC(O)(O)[C@@]2(C)CC[C@H]3[C@H](C)CC[C@@H](C[C@H]12)C3(C)C. The lowest BCUT2D eigenvalue weighted by atomic mass is 9.47. The maximum atomic E-state index is 10.8. The van der Waals surface area contributed by atoms with Crippen LogP contribution in [0.4, 0.5) is 0 Å². The summed E-state index contributed by atoms with van der Waals surface area (Å²) in [6.07, 6.45) is 7.52. The fourth-order valence-electron chi connectivity index (χ4n) is 6.63. The third-order valence-electron chi connectivity index (χ3n) is 8.55. The molecule has 2 bridgehead atoms. The lowest BCUT2D eigenvalue weighted by Crippen LogP contribution is -2.58. The van der Waals surface area contributed by atoms with E-state index in [1.807, 2.05) is 0 Å². The zero-order valence-electron chi connectivity index (χ0n) is 15.2. The highest BCUT2D eigenvalue weighted by Gasteiger charge is 2.58. The molecule has 128 valence electrons. The minimum absolute atomic E-state index is 0.325. The van der Waals surface area contributed by atoms with Crippen LogP contribution in [0.5, 0.6) is 0 Å². The van der Waals surface area contributed by atoms with Gasteiger partial charge in [0.1, 0.15) is 0 Å². The standard InChI is InChI=1S/C20H36O2/c1-13-6-7-15-12-17-14(2)8-11-20(21,22)19(17,5)10-9-16(13)18(15,3)4/h13-17,21-22H,6-12H2,1-5H3/t13-,14-,15+,16+,17-,19+/m1/s1. The molecule has 3 aliphatic rings. The van der Waals surface area contributed by atoms with Crippen LogP contribution in [0.3, 0.4) is 0 Å². The van der Waals surface area contributed by atoms with E-state index in [4.69, 9.17) is 0 Å². The van der Waals surface area contributed by atoms with Crippen LogP contribution in [0.25, 0.3) is 0 Å². The number of aliphatic hydroxyl groups is 2.